The van der Waals surface area contributed by atoms with Crippen LogP contribution in [0.25, 0.3) is 11.1 Å². The first-order valence-electron chi connectivity index (χ1n) is 7.15. The molecule has 0 atom stereocenters. The number of nitrogens with two attached hydrogens (primary N) is 1. The smallest absolute Gasteiger partial charge is 0.258 e. The van der Waals surface area contributed by atoms with Gasteiger partial charge in [-0.25, -0.2) is 4.39 Å². The summed E-state index contributed by atoms with van der Waals surface area (Å²) in [5.74, 6) is -1.13. The quantitative estimate of drug-likeness (QED) is 0.708. The standard InChI is InChI=1S/C19H15FN2O/c20-18-11-8-15(21)12-17(18)19(23)22-16-9-6-14(7-10-16)13-4-2-1-3-5-13/h1-12H,21H2,(H,22,23). The van der Waals surface area contributed by atoms with Crippen molar-refractivity contribution < 1.29 is 9.18 Å². The molecule has 114 valence electrons. The Labute approximate surface area is 133 Å². The number of nitrogen functional groups attached to an aromatic ring is 1. The van der Waals surface area contributed by atoms with E-state index in [2.05, 4.69) is 5.32 Å². The molecule has 0 aliphatic carbocycles. The second-order valence-corrected chi connectivity index (χ2v) is 5.14. The highest BCUT2D eigenvalue weighted by atomic mass is 19.1. The van der Waals surface area contributed by atoms with Gasteiger partial charge in [0.05, 0.1) is 5.56 Å². The van der Waals surface area contributed by atoms with Gasteiger partial charge < -0.3 is 11.1 Å². The summed E-state index contributed by atoms with van der Waals surface area (Å²) in [4.78, 5) is 12.1. The minimum atomic E-state index is -0.599. The van der Waals surface area contributed by atoms with Crippen LogP contribution in [0.3, 0.4) is 0 Å². The summed E-state index contributed by atoms with van der Waals surface area (Å²) in [5.41, 5.74) is 8.59. The number of halogens is 1. The van der Waals surface area contributed by atoms with Crippen LogP contribution in [0.5, 0.6) is 0 Å². The Balaban J connectivity index is 1.78. The maximum Gasteiger partial charge on any atom is 0.258 e. The maximum absolute atomic E-state index is 13.7. The summed E-state index contributed by atoms with van der Waals surface area (Å²) in [6, 6.07) is 21.2. The molecule has 23 heavy (non-hydrogen) atoms. The number of hydrogen-bond acceptors (Lipinski definition) is 2. The van der Waals surface area contributed by atoms with E-state index in [1.54, 1.807) is 12.1 Å². The molecule has 3 aromatic carbocycles. The van der Waals surface area contributed by atoms with E-state index in [-0.39, 0.29) is 5.56 Å². The van der Waals surface area contributed by atoms with Crippen LogP contribution in [-0.4, -0.2) is 5.91 Å². The third-order valence-electron chi connectivity index (χ3n) is 3.48. The Kier molecular flexibility index (Phi) is 4.06. The highest BCUT2D eigenvalue weighted by molar-refractivity contribution is 6.05. The first-order valence-corrected chi connectivity index (χ1v) is 7.15. The fourth-order valence-corrected chi connectivity index (χ4v) is 2.29. The van der Waals surface area contributed by atoms with Gasteiger partial charge in [0.2, 0.25) is 0 Å². The zero-order valence-electron chi connectivity index (χ0n) is 12.3. The van der Waals surface area contributed by atoms with Gasteiger partial charge in [-0.1, -0.05) is 42.5 Å². The summed E-state index contributed by atoms with van der Waals surface area (Å²) < 4.78 is 13.7. The number of carbonyl (C=O) groups is 1. The first kappa shape index (κ1) is 14.8. The third-order valence-corrected chi connectivity index (χ3v) is 3.48. The normalized spacial score (nSPS) is 10.3. The minimum absolute atomic E-state index is 0.0721. The van der Waals surface area contributed by atoms with Gasteiger partial charge in [-0.05, 0) is 41.5 Å². The van der Waals surface area contributed by atoms with E-state index in [1.165, 1.54) is 18.2 Å². The Morgan fingerprint density at radius 3 is 2.22 bits per heavy atom. The molecular formula is C19H15FN2O. The van der Waals surface area contributed by atoms with Crippen molar-refractivity contribution in [2.75, 3.05) is 11.1 Å². The molecule has 0 bridgehead atoms. The number of anilines is 2. The lowest BCUT2D eigenvalue weighted by atomic mass is 10.1. The second kappa shape index (κ2) is 6.32. The monoisotopic (exact) mass is 306 g/mol. The van der Waals surface area contributed by atoms with Crippen LogP contribution in [0.4, 0.5) is 15.8 Å². The van der Waals surface area contributed by atoms with E-state index in [4.69, 9.17) is 5.73 Å². The molecule has 0 saturated heterocycles. The van der Waals surface area contributed by atoms with E-state index in [0.717, 1.165) is 11.1 Å². The maximum atomic E-state index is 13.7. The van der Waals surface area contributed by atoms with Crippen molar-refractivity contribution in [3.63, 3.8) is 0 Å². The van der Waals surface area contributed by atoms with Crippen LogP contribution in [0.1, 0.15) is 10.4 Å². The van der Waals surface area contributed by atoms with Gasteiger partial charge in [0.25, 0.3) is 5.91 Å². The van der Waals surface area contributed by atoms with Crippen LogP contribution in [0.15, 0.2) is 72.8 Å². The average Bonchev–Trinajstić information content (AvgIpc) is 2.58. The molecule has 0 radical (unpaired) electrons. The Bertz CT molecular complexity index is 830. The molecule has 3 N–H and O–H groups in total. The predicted molar refractivity (Wildman–Crippen MR) is 90.6 cm³/mol. The SMILES string of the molecule is Nc1ccc(F)c(C(=O)Nc2ccc(-c3ccccc3)cc2)c1. The molecule has 3 rings (SSSR count). The van der Waals surface area contributed by atoms with Crippen LogP contribution < -0.4 is 11.1 Å². The van der Waals surface area contributed by atoms with Gasteiger partial charge in [-0.15, -0.1) is 0 Å². The topological polar surface area (TPSA) is 55.1 Å². The minimum Gasteiger partial charge on any atom is -0.399 e. The first-order chi connectivity index (χ1) is 11.1. The molecule has 4 heteroatoms. The van der Waals surface area contributed by atoms with Gasteiger partial charge in [-0.2, -0.15) is 0 Å². The fourth-order valence-electron chi connectivity index (χ4n) is 2.29. The lowest BCUT2D eigenvalue weighted by Crippen LogP contribution is -2.14. The molecule has 0 saturated carbocycles. The lowest BCUT2D eigenvalue weighted by Gasteiger charge is -2.08. The van der Waals surface area contributed by atoms with E-state index >= 15 is 0 Å². The number of rotatable bonds is 3. The molecule has 0 aromatic heterocycles. The summed E-state index contributed by atoms with van der Waals surface area (Å²) in [5, 5.41) is 2.67. The van der Waals surface area contributed by atoms with Crippen LogP contribution >= 0.6 is 0 Å². The number of carbonyl (C=O) groups excluding carboxylic acids is 1. The van der Waals surface area contributed by atoms with Crippen molar-refractivity contribution in [2.24, 2.45) is 0 Å². The average molecular weight is 306 g/mol. The van der Waals surface area contributed by atoms with Crippen LogP contribution in [0.2, 0.25) is 0 Å². The number of amides is 1. The molecule has 3 nitrogen and oxygen atoms in total. The predicted octanol–water partition coefficient (Wildman–Crippen LogP) is 4.33. The molecule has 0 aliphatic heterocycles. The number of nitrogens with one attached hydrogen (secondary N) is 1. The number of benzene rings is 3. The van der Waals surface area contributed by atoms with Gasteiger partial charge in [0.1, 0.15) is 5.82 Å². The van der Waals surface area contributed by atoms with Crippen molar-refractivity contribution in [1.29, 1.82) is 0 Å². The number of hydrogen-bond donors (Lipinski definition) is 2. The molecular weight excluding hydrogens is 291 g/mol. The summed E-state index contributed by atoms with van der Waals surface area (Å²) in [7, 11) is 0. The molecule has 3 aromatic rings. The summed E-state index contributed by atoms with van der Waals surface area (Å²) in [6.45, 7) is 0. The molecule has 0 heterocycles. The van der Waals surface area contributed by atoms with Crippen LogP contribution in [-0.2, 0) is 0 Å². The zero-order chi connectivity index (χ0) is 16.2. The van der Waals surface area contributed by atoms with Gasteiger partial charge in [-0.3, -0.25) is 4.79 Å². The van der Waals surface area contributed by atoms with E-state index in [1.807, 2.05) is 42.5 Å². The highest BCUT2D eigenvalue weighted by Crippen LogP contribution is 2.21. The zero-order valence-corrected chi connectivity index (χ0v) is 12.3. The lowest BCUT2D eigenvalue weighted by molar-refractivity contribution is 0.102. The van der Waals surface area contributed by atoms with Gasteiger partial charge >= 0.3 is 0 Å². The highest BCUT2D eigenvalue weighted by Gasteiger charge is 2.12. The fraction of sp³-hybridized carbons (Fsp3) is 0. The molecule has 1 amide bonds. The van der Waals surface area contributed by atoms with Crippen molar-refractivity contribution in [3.8, 4) is 11.1 Å². The molecule has 0 fully saturated rings. The van der Waals surface area contributed by atoms with Crippen molar-refractivity contribution in [1.82, 2.24) is 0 Å². The van der Waals surface area contributed by atoms with Crippen molar-refractivity contribution in [3.05, 3.63) is 84.2 Å². The van der Waals surface area contributed by atoms with Gasteiger partial charge in [0.15, 0.2) is 0 Å². The van der Waals surface area contributed by atoms with E-state index in [9.17, 15) is 9.18 Å². The molecule has 0 aliphatic rings. The van der Waals surface area contributed by atoms with Crippen molar-refractivity contribution in [2.45, 2.75) is 0 Å². The van der Waals surface area contributed by atoms with Gasteiger partial charge in [0, 0.05) is 11.4 Å². The summed E-state index contributed by atoms with van der Waals surface area (Å²) >= 11 is 0. The summed E-state index contributed by atoms with van der Waals surface area (Å²) in [6.07, 6.45) is 0. The second-order valence-electron chi connectivity index (χ2n) is 5.14. The largest absolute Gasteiger partial charge is 0.399 e. The van der Waals surface area contributed by atoms with Crippen LogP contribution in [0, 0.1) is 5.82 Å². The van der Waals surface area contributed by atoms with E-state index < -0.39 is 11.7 Å². The third kappa shape index (κ3) is 3.37. The molecule has 0 spiro atoms. The Hall–Kier alpha value is -3.14. The Morgan fingerprint density at radius 2 is 1.52 bits per heavy atom. The molecule has 0 unspecified atom stereocenters. The van der Waals surface area contributed by atoms with Crippen molar-refractivity contribution >= 4 is 17.3 Å². The van der Waals surface area contributed by atoms with E-state index in [0.29, 0.717) is 11.4 Å². The Morgan fingerprint density at radius 1 is 0.870 bits per heavy atom.